The van der Waals surface area contributed by atoms with Gasteiger partial charge in [-0.15, -0.1) is 0 Å². The van der Waals surface area contributed by atoms with Crippen LogP contribution in [0.25, 0.3) is 6.08 Å². The summed E-state index contributed by atoms with van der Waals surface area (Å²) >= 11 is 0. The van der Waals surface area contributed by atoms with Gasteiger partial charge in [0.1, 0.15) is 17.0 Å². The first-order chi connectivity index (χ1) is 8.60. The molecule has 6 nitrogen and oxygen atoms in total. The molecular formula is C12H15NO5. The van der Waals surface area contributed by atoms with Crippen LogP contribution < -0.4 is 0 Å². The molecule has 1 aromatic rings. The van der Waals surface area contributed by atoms with Gasteiger partial charge in [-0.2, -0.15) is 0 Å². The number of aryl methyl sites for hydroxylation is 1. The zero-order valence-corrected chi connectivity index (χ0v) is 10.6. The Hall–Kier alpha value is -2.11. The number of hydrogen-bond donors (Lipinski definition) is 0. The van der Waals surface area contributed by atoms with Gasteiger partial charge < -0.3 is 14.0 Å². The largest absolute Gasteiger partial charge is 0.463 e. The lowest BCUT2D eigenvalue weighted by Gasteiger charge is -1.99. The first kappa shape index (κ1) is 14.0. The highest BCUT2D eigenvalue weighted by Gasteiger charge is 2.19. The molecule has 0 radical (unpaired) electrons. The third-order valence-corrected chi connectivity index (χ3v) is 2.03. The Kier molecular flexibility index (Phi) is 5.10. The van der Waals surface area contributed by atoms with Crippen LogP contribution in [0, 0.1) is 6.92 Å². The maximum absolute atomic E-state index is 11.6. The molecular weight excluding hydrogens is 238 g/mol. The number of aromatic nitrogens is 1. The molecule has 0 bridgehead atoms. The van der Waals surface area contributed by atoms with Crippen LogP contribution in [-0.4, -0.2) is 30.3 Å². The molecule has 0 saturated heterocycles. The summed E-state index contributed by atoms with van der Waals surface area (Å²) in [5, 5.41) is 3.68. The molecule has 0 amide bonds. The summed E-state index contributed by atoms with van der Waals surface area (Å²) in [6, 6.07) is 0. The summed E-state index contributed by atoms with van der Waals surface area (Å²) in [7, 11) is 0. The lowest BCUT2D eigenvalue weighted by atomic mass is 10.2. The third kappa shape index (κ3) is 3.44. The van der Waals surface area contributed by atoms with Gasteiger partial charge in [0.15, 0.2) is 0 Å². The van der Waals surface area contributed by atoms with Crippen LogP contribution in [0.2, 0.25) is 0 Å². The highest BCUT2D eigenvalue weighted by molar-refractivity contribution is 5.95. The summed E-state index contributed by atoms with van der Waals surface area (Å²) in [6.45, 7) is 5.54. The number of rotatable bonds is 5. The summed E-state index contributed by atoms with van der Waals surface area (Å²) in [5.41, 5.74) is 0.469. The number of carbonyl (C=O) groups excluding carboxylic acids is 2. The van der Waals surface area contributed by atoms with Crippen LogP contribution in [-0.2, 0) is 14.3 Å². The molecule has 0 N–H and O–H groups in total. The first-order valence-electron chi connectivity index (χ1n) is 5.58. The number of esters is 2. The summed E-state index contributed by atoms with van der Waals surface area (Å²) in [5.74, 6) is -0.690. The van der Waals surface area contributed by atoms with Gasteiger partial charge in [-0.25, -0.2) is 9.59 Å². The first-order valence-corrected chi connectivity index (χ1v) is 5.58. The van der Waals surface area contributed by atoms with E-state index in [4.69, 9.17) is 14.0 Å². The van der Waals surface area contributed by atoms with Crippen molar-refractivity contribution in [1.29, 1.82) is 0 Å². The molecule has 6 heteroatoms. The van der Waals surface area contributed by atoms with Gasteiger partial charge in [0.25, 0.3) is 0 Å². The van der Waals surface area contributed by atoms with Gasteiger partial charge in [0.05, 0.1) is 13.2 Å². The van der Waals surface area contributed by atoms with Crippen molar-refractivity contribution in [2.24, 2.45) is 0 Å². The quantitative estimate of drug-likeness (QED) is 0.587. The van der Waals surface area contributed by atoms with E-state index in [-0.39, 0.29) is 24.5 Å². The van der Waals surface area contributed by atoms with E-state index >= 15 is 0 Å². The fourth-order valence-electron chi connectivity index (χ4n) is 1.29. The fraction of sp³-hybridized carbons (Fsp3) is 0.417. The monoisotopic (exact) mass is 253 g/mol. The molecule has 18 heavy (non-hydrogen) atoms. The average molecular weight is 253 g/mol. The van der Waals surface area contributed by atoms with E-state index in [1.165, 1.54) is 12.2 Å². The second-order valence-corrected chi connectivity index (χ2v) is 3.30. The molecule has 0 saturated carbocycles. The van der Waals surface area contributed by atoms with E-state index in [1.54, 1.807) is 20.8 Å². The van der Waals surface area contributed by atoms with E-state index in [0.29, 0.717) is 5.76 Å². The Balaban J connectivity index is 2.90. The predicted molar refractivity (Wildman–Crippen MR) is 62.9 cm³/mol. The molecule has 1 rings (SSSR count). The fourth-order valence-corrected chi connectivity index (χ4v) is 1.29. The Morgan fingerprint density at radius 1 is 1.28 bits per heavy atom. The normalized spacial score (nSPS) is 10.6. The summed E-state index contributed by atoms with van der Waals surface area (Å²) in [6.07, 6.45) is 2.55. The Bertz CT molecular complexity index is 461. The SMILES string of the molecule is CCOC(=O)/C=C/c1noc(C)c1C(=O)OCC. The van der Waals surface area contributed by atoms with E-state index in [0.717, 1.165) is 0 Å². The maximum Gasteiger partial charge on any atom is 0.344 e. The minimum atomic E-state index is -0.528. The van der Waals surface area contributed by atoms with E-state index in [1.807, 2.05) is 0 Å². The van der Waals surface area contributed by atoms with E-state index in [2.05, 4.69) is 5.16 Å². The number of hydrogen-bond acceptors (Lipinski definition) is 6. The second-order valence-electron chi connectivity index (χ2n) is 3.30. The van der Waals surface area contributed by atoms with Crippen molar-refractivity contribution >= 4 is 18.0 Å². The van der Waals surface area contributed by atoms with Crippen LogP contribution in [0.5, 0.6) is 0 Å². The summed E-state index contributed by atoms with van der Waals surface area (Å²) in [4.78, 5) is 22.8. The van der Waals surface area contributed by atoms with Crippen molar-refractivity contribution < 1.29 is 23.6 Å². The van der Waals surface area contributed by atoms with Gasteiger partial charge >= 0.3 is 11.9 Å². The number of nitrogens with zero attached hydrogens (tertiary/aromatic N) is 1. The van der Waals surface area contributed by atoms with Crippen molar-refractivity contribution in [3.63, 3.8) is 0 Å². The van der Waals surface area contributed by atoms with Crippen LogP contribution in [0.4, 0.5) is 0 Å². The minimum absolute atomic E-state index is 0.220. The highest BCUT2D eigenvalue weighted by atomic mass is 16.5. The average Bonchev–Trinajstić information content (AvgIpc) is 2.68. The zero-order valence-electron chi connectivity index (χ0n) is 10.6. The molecule has 1 aromatic heterocycles. The second kappa shape index (κ2) is 6.58. The predicted octanol–water partition coefficient (Wildman–Crippen LogP) is 1.74. The van der Waals surface area contributed by atoms with E-state index in [9.17, 15) is 9.59 Å². The molecule has 0 aliphatic heterocycles. The van der Waals surface area contributed by atoms with Crippen molar-refractivity contribution in [3.8, 4) is 0 Å². The molecule has 0 aromatic carbocycles. The number of carbonyl (C=O) groups is 2. The van der Waals surface area contributed by atoms with Gasteiger partial charge in [-0.3, -0.25) is 0 Å². The Morgan fingerprint density at radius 2 is 1.94 bits per heavy atom. The lowest BCUT2D eigenvalue weighted by Crippen LogP contribution is -2.07. The molecule has 0 spiro atoms. The van der Waals surface area contributed by atoms with Crippen molar-refractivity contribution in [1.82, 2.24) is 5.16 Å². The van der Waals surface area contributed by atoms with Crippen LogP contribution >= 0.6 is 0 Å². The zero-order chi connectivity index (χ0) is 13.5. The molecule has 0 unspecified atom stereocenters. The number of ether oxygens (including phenoxy) is 2. The van der Waals surface area contributed by atoms with Crippen molar-refractivity contribution in [3.05, 3.63) is 23.1 Å². The van der Waals surface area contributed by atoms with Gasteiger partial charge in [0, 0.05) is 6.08 Å². The smallest absolute Gasteiger partial charge is 0.344 e. The Labute approximate surface area is 105 Å². The van der Waals surface area contributed by atoms with Crippen LogP contribution in [0.3, 0.4) is 0 Å². The molecule has 0 atom stereocenters. The molecule has 0 fully saturated rings. The minimum Gasteiger partial charge on any atom is -0.463 e. The standard InChI is InChI=1S/C12H15NO5/c1-4-16-10(14)7-6-9-11(8(3)18-13-9)12(15)17-5-2/h6-7H,4-5H2,1-3H3/b7-6+. The van der Waals surface area contributed by atoms with Gasteiger partial charge in [0.2, 0.25) is 0 Å². The van der Waals surface area contributed by atoms with Crippen LogP contribution in [0.1, 0.15) is 35.7 Å². The van der Waals surface area contributed by atoms with Crippen LogP contribution in [0.15, 0.2) is 10.6 Å². The summed E-state index contributed by atoms with van der Waals surface area (Å²) < 4.78 is 14.5. The molecule has 98 valence electrons. The highest BCUT2D eigenvalue weighted by Crippen LogP contribution is 2.16. The third-order valence-electron chi connectivity index (χ3n) is 2.03. The maximum atomic E-state index is 11.6. The molecule has 0 aliphatic rings. The van der Waals surface area contributed by atoms with Crippen molar-refractivity contribution in [2.75, 3.05) is 13.2 Å². The van der Waals surface area contributed by atoms with Crippen molar-refractivity contribution in [2.45, 2.75) is 20.8 Å². The van der Waals surface area contributed by atoms with E-state index < -0.39 is 11.9 Å². The molecule has 1 heterocycles. The topological polar surface area (TPSA) is 78.6 Å². The van der Waals surface area contributed by atoms with Gasteiger partial charge in [-0.05, 0) is 26.8 Å². The molecule has 0 aliphatic carbocycles. The lowest BCUT2D eigenvalue weighted by molar-refractivity contribution is -0.137. The van der Waals surface area contributed by atoms with Gasteiger partial charge in [-0.1, -0.05) is 5.16 Å². The Morgan fingerprint density at radius 3 is 2.56 bits per heavy atom.